The zero-order valence-electron chi connectivity index (χ0n) is 21.6. The molecule has 0 spiro atoms. The third-order valence-electron chi connectivity index (χ3n) is 6.00. The van der Waals surface area contributed by atoms with Crippen LogP contribution in [-0.2, 0) is 11.3 Å². The predicted octanol–water partition coefficient (Wildman–Crippen LogP) is 7.20. The van der Waals surface area contributed by atoms with Gasteiger partial charge in [-0.25, -0.2) is 9.18 Å². The summed E-state index contributed by atoms with van der Waals surface area (Å²) in [4.78, 5) is 28.1. The van der Waals surface area contributed by atoms with Crippen LogP contribution in [0.5, 0.6) is 5.75 Å². The van der Waals surface area contributed by atoms with Crippen molar-refractivity contribution in [3.05, 3.63) is 97.7 Å². The molecule has 1 aliphatic rings. The second-order valence-corrected chi connectivity index (χ2v) is 11.5. The molecule has 1 aliphatic heterocycles. The summed E-state index contributed by atoms with van der Waals surface area (Å²) in [5, 5.41) is 3.53. The summed E-state index contributed by atoms with van der Waals surface area (Å²) in [5.41, 5.74) is 2.14. The number of hydrogen-bond donors (Lipinski definition) is 1. The first-order chi connectivity index (χ1) is 17.9. The fraction of sp³-hybridized carbons (Fsp3) is 0.310. The van der Waals surface area contributed by atoms with E-state index in [-0.39, 0.29) is 19.0 Å². The molecule has 0 saturated carbocycles. The topological polar surface area (TPSA) is 67.9 Å². The number of ether oxygens (including phenoxy) is 2. The van der Waals surface area contributed by atoms with E-state index in [0.717, 1.165) is 0 Å². The van der Waals surface area contributed by atoms with Gasteiger partial charge in [0, 0.05) is 15.1 Å². The summed E-state index contributed by atoms with van der Waals surface area (Å²) in [6.07, 6.45) is -0.453. The van der Waals surface area contributed by atoms with Crippen molar-refractivity contribution in [3.8, 4) is 5.75 Å². The Bertz CT molecular complexity index is 1380. The van der Waals surface area contributed by atoms with Gasteiger partial charge in [0.25, 0.3) is 5.91 Å². The number of halogens is 3. The Morgan fingerprint density at radius 2 is 1.89 bits per heavy atom. The minimum absolute atomic E-state index is 0.194. The number of hydrogen-bond acceptors (Lipinski definition) is 4. The van der Waals surface area contributed by atoms with Crippen LogP contribution in [-0.4, -0.2) is 35.7 Å². The molecule has 6 nitrogen and oxygen atoms in total. The van der Waals surface area contributed by atoms with Crippen LogP contribution in [0, 0.1) is 12.7 Å². The second kappa shape index (κ2) is 11.3. The Balaban J connectivity index is 1.69. The molecule has 1 atom stereocenters. The van der Waals surface area contributed by atoms with Gasteiger partial charge in [0.2, 0.25) is 0 Å². The summed E-state index contributed by atoms with van der Waals surface area (Å²) in [6.45, 7) is 7.81. The highest BCUT2D eigenvalue weighted by Crippen LogP contribution is 2.34. The van der Waals surface area contributed by atoms with Gasteiger partial charge in [-0.3, -0.25) is 4.79 Å². The van der Waals surface area contributed by atoms with Gasteiger partial charge in [-0.2, -0.15) is 0 Å². The van der Waals surface area contributed by atoms with E-state index in [1.165, 1.54) is 6.07 Å². The van der Waals surface area contributed by atoms with E-state index in [1.54, 1.807) is 42.2 Å². The number of carbonyl (C=O) groups excluding carboxylic acids is 2. The van der Waals surface area contributed by atoms with Gasteiger partial charge in [0.1, 0.15) is 23.8 Å². The maximum Gasteiger partial charge on any atom is 0.410 e. The number of nitrogens with zero attached hydrogens (tertiary/aromatic N) is 1. The van der Waals surface area contributed by atoms with Crippen molar-refractivity contribution < 1.29 is 23.5 Å². The molecule has 1 heterocycles. The minimum atomic E-state index is -0.644. The number of rotatable bonds is 4. The number of fused-ring (bicyclic) bond motifs is 1. The van der Waals surface area contributed by atoms with Crippen molar-refractivity contribution in [2.45, 2.75) is 45.9 Å². The predicted molar refractivity (Wildman–Crippen MR) is 148 cm³/mol. The van der Waals surface area contributed by atoms with Crippen LogP contribution >= 0.6 is 27.5 Å². The maximum absolute atomic E-state index is 14.1. The summed E-state index contributed by atoms with van der Waals surface area (Å²) < 4.78 is 26.3. The molecule has 38 heavy (non-hydrogen) atoms. The maximum atomic E-state index is 14.1. The zero-order chi connectivity index (χ0) is 27.6. The molecule has 0 fully saturated rings. The van der Waals surface area contributed by atoms with Crippen molar-refractivity contribution in [1.82, 2.24) is 10.2 Å². The van der Waals surface area contributed by atoms with Crippen LogP contribution in [0.25, 0.3) is 0 Å². The van der Waals surface area contributed by atoms with E-state index < -0.39 is 23.6 Å². The molecule has 0 aliphatic carbocycles. The Labute approximate surface area is 235 Å². The van der Waals surface area contributed by atoms with Crippen LogP contribution in [0.1, 0.15) is 59.4 Å². The summed E-state index contributed by atoms with van der Waals surface area (Å²) in [7, 11) is 0. The highest BCUT2D eigenvalue weighted by atomic mass is 79.9. The molecule has 3 aromatic rings. The number of amides is 2. The van der Waals surface area contributed by atoms with E-state index in [1.807, 2.05) is 39.0 Å². The molecule has 200 valence electrons. The SMILES string of the molecule is Cc1cc(C(NC(=O)c2cc(Br)cc3c2OCCN(C(=O)OC(C)(C)C)C3)c2ccccc2Cl)ccc1F. The number of nitrogens with one attached hydrogen (secondary N) is 1. The summed E-state index contributed by atoms with van der Waals surface area (Å²) >= 11 is 10.0. The van der Waals surface area contributed by atoms with E-state index in [4.69, 9.17) is 21.1 Å². The van der Waals surface area contributed by atoms with E-state index in [2.05, 4.69) is 21.2 Å². The molecule has 0 aromatic heterocycles. The van der Waals surface area contributed by atoms with Crippen molar-refractivity contribution in [2.75, 3.05) is 13.2 Å². The molecular formula is C29H29BrClFN2O4. The first kappa shape index (κ1) is 27.9. The van der Waals surface area contributed by atoms with Crippen LogP contribution in [0.2, 0.25) is 5.02 Å². The van der Waals surface area contributed by atoms with Gasteiger partial charge in [0.05, 0.1) is 24.7 Å². The van der Waals surface area contributed by atoms with Crippen LogP contribution in [0.4, 0.5) is 9.18 Å². The lowest BCUT2D eigenvalue weighted by molar-refractivity contribution is 0.0225. The molecular weight excluding hydrogens is 575 g/mol. The average Bonchev–Trinajstić information content (AvgIpc) is 3.06. The van der Waals surface area contributed by atoms with Gasteiger partial charge in [-0.1, -0.05) is 57.9 Å². The third kappa shape index (κ3) is 6.48. The quantitative estimate of drug-likeness (QED) is 0.343. The lowest BCUT2D eigenvalue weighted by Crippen LogP contribution is -2.37. The Morgan fingerprint density at radius 1 is 1.16 bits per heavy atom. The molecule has 1 unspecified atom stereocenters. The number of carbonyl (C=O) groups is 2. The fourth-order valence-corrected chi connectivity index (χ4v) is 4.99. The normalized spacial score (nSPS) is 14.1. The second-order valence-electron chi connectivity index (χ2n) is 10.1. The lowest BCUT2D eigenvalue weighted by Gasteiger charge is -2.26. The van der Waals surface area contributed by atoms with E-state index >= 15 is 0 Å². The Hall–Kier alpha value is -3.10. The highest BCUT2D eigenvalue weighted by Gasteiger charge is 2.29. The molecule has 0 bridgehead atoms. The highest BCUT2D eigenvalue weighted by molar-refractivity contribution is 9.10. The standard InChI is InChI=1S/C29H29BrClFN2O4/c1-17-13-18(9-10-24(17)32)25(21-7-5-6-8-23(21)31)33-27(35)22-15-20(30)14-19-16-34(11-12-37-26(19)22)28(36)38-29(2,3)4/h5-10,13-15,25H,11-12,16H2,1-4H3,(H,33,35). The molecule has 4 rings (SSSR count). The first-order valence-electron chi connectivity index (χ1n) is 12.2. The Kier molecular flexibility index (Phi) is 8.33. The summed E-state index contributed by atoms with van der Waals surface area (Å²) in [6, 6.07) is 14.8. The molecule has 0 saturated heterocycles. The minimum Gasteiger partial charge on any atom is -0.491 e. The van der Waals surface area contributed by atoms with Crippen LogP contribution in [0.3, 0.4) is 0 Å². The molecule has 3 aromatic carbocycles. The number of aryl methyl sites for hydroxylation is 1. The van der Waals surface area contributed by atoms with Gasteiger partial charge in [-0.15, -0.1) is 0 Å². The summed E-state index contributed by atoms with van der Waals surface area (Å²) in [5.74, 6) is -0.344. The van der Waals surface area contributed by atoms with Crippen molar-refractivity contribution >= 4 is 39.5 Å². The third-order valence-corrected chi connectivity index (χ3v) is 6.80. The van der Waals surface area contributed by atoms with E-state index in [0.29, 0.717) is 49.6 Å². The van der Waals surface area contributed by atoms with Gasteiger partial charge in [0.15, 0.2) is 0 Å². The molecule has 0 radical (unpaired) electrons. The van der Waals surface area contributed by atoms with Gasteiger partial charge in [-0.05, 0) is 68.7 Å². The molecule has 9 heteroatoms. The molecule has 2 amide bonds. The van der Waals surface area contributed by atoms with Crippen molar-refractivity contribution in [2.24, 2.45) is 0 Å². The molecule has 1 N–H and O–H groups in total. The largest absolute Gasteiger partial charge is 0.491 e. The zero-order valence-corrected chi connectivity index (χ0v) is 24.0. The lowest BCUT2D eigenvalue weighted by atomic mass is 9.96. The number of benzene rings is 3. The van der Waals surface area contributed by atoms with Gasteiger partial charge >= 0.3 is 6.09 Å². The van der Waals surface area contributed by atoms with Crippen LogP contribution in [0.15, 0.2) is 59.1 Å². The average molecular weight is 604 g/mol. The smallest absolute Gasteiger partial charge is 0.410 e. The van der Waals surface area contributed by atoms with Crippen molar-refractivity contribution in [3.63, 3.8) is 0 Å². The fourth-order valence-electron chi connectivity index (χ4n) is 4.24. The van der Waals surface area contributed by atoms with Crippen molar-refractivity contribution in [1.29, 1.82) is 0 Å². The van der Waals surface area contributed by atoms with E-state index in [9.17, 15) is 14.0 Å². The first-order valence-corrected chi connectivity index (χ1v) is 13.3. The van der Waals surface area contributed by atoms with Crippen LogP contribution < -0.4 is 10.1 Å². The monoisotopic (exact) mass is 602 g/mol. The van der Waals surface area contributed by atoms with Gasteiger partial charge < -0.3 is 19.7 Å². The Morgan fingerprint density at radius 3 is 2.58 bits per heavy atom.